The molecule has 0 rings (SSSR count). The van der Waals surface area contributed by atoms with Gasteiger partial charge in [0, 0.05) is 19.3 Å². The molecule has 0 bridgehead atoms. The van der Waals surface area contributed by atoms with Crippen molar-refractivity contribution in [3.8, 4) is 0 Å². The third-order valence-electron chi connectivity index (χ3n) is 12.0. The maximum absolute atomic E-state index is 12.9. The highest BCUT2D eigenvalue weighted by Crippen LogP contribution is 2.43. The lowest BCUT2D eigenvalue weighted by Crippen LogP contribution is -2.30. The molecule has 0 radical (unpaired) electrons. The Morgan fingerprint density at radius 3 is 1.11 bits per heavy atom. The minimum atomic E-state index is -4.77. The van der Waals surface area contributed by atoms with E-state index in [1.54, 1.807) is 0 Å². The second-order valence-electron chi connectivity index (χ2n) is 19.1. The van der Waals surface area contributed by atoms with Crippen molar-refractivity contribution < 1.29 is 52.2 Å². The van der Waals surface area contributed by atoms with Crippen LogP contribution in [0.3, 0.4) is 0 Å². The second kappa shape index (κ2) is 55.6. The van der Waals surface area contributed by atoms with E-state index in [2.05, 4.69) is 118 Å². The van der Waals surface area contributed by atoms with Crippen molar-refractivity contribution in [3.63, 3.8) is 0 Å². The highest BCUT2D eigenvalue weighted by Gasteiger charge is 2.28. The Hall–Kier alpha value is -3.60. The van der Waals surface area contributed by atoms with Crippen LogP contribution in [-0.4, -0.2) is 66.5 Å². The molecule has 0 aliphatic heterocycles. The van der Waals surface area contributed by atoms with Gasteiger partial charge in [0.1, 0.15) is 12.7 Å². The van der Waals surface area contributed by atoms with Crippen molar-refractivity contribution in [3.05, 3.63) is 97.2 Å². The van der Waals surface area contributed by atoms with Crippen molar-refractivity contribution in [2.24, 2.45) is 0 Å². The maximum Gasteiger partial charge on any atom is 0.472 e. The molecular formula is C62H105O11P. The third kappa shape index (κ3) is 53.2. The summed E-state index contributed by atoms with van der Waals surface area (Å²) in [4.78, 5) is 48.5. The number of rotatable bonds is 53. The van der Waals surface area contributed by atoms with Crippen LogP contribution in [0.15, 0.2) is 97.2 Å². The summed E-state index contributed by atoms with van der Waals surface area (Å²) in [5, 5.41) is 9.81. The molecule has 11 nitrogen and oxygen atoms in total. The lowest BCUT2D eigenvalue weighted by Gasteiger charge is -2.21. The molecule has 0 fully saturated rings. The van der Waals surface area contributed by atoms with Gasteiger partial charge < -0.3 is 24.2 Å². The summed E-state index contributed by atoms with van der Waals surface area (Å²) < 4.78 is 39.5. The van der Waals surface area contributed by atoms with E-state index in [0.717, 1.165) is 122 Å². The minimum Gasteiger partial charge on any atom is -0.462 e. The molecule has 0 heterocycles. The number of phosphoric acid groups is 1. The summed E-state index contributed by atoms with van der Waals surface area (Å²) in [6.07, 6.45) is 65.0. The van der Waals surface area contributed by atoms with Crippen LogP contribution in [0.1, 0.15) is 239 Å². The highest BCUT2D eigenvalue weighted by atomic mass is 31.2. The zero-order chi connectivity index (χ0) is 54.1. The molecule has 3 unspecified atom stereocenters. The first-order chi connectivity index (χ1) is 36.2. The number of unbranched alkanes of at least 4 members (excludes halogenated alkanes) is 20. The Balaban J connectivity index is 4.81. The standard InChI is InChI=1S/C62H105O11P/c1-4-7-10-13-16-19-22-25-28-29-32-35-38-41-44-47-50-53-62(66)73-59(55-69-60(64)51-48-45-42-39-36-33-30-26-23-20-17-14-11-8-5-2)57-71-74(67,68)70-56-58(54-63)72-61(65)52-49-46-43-40-37-34-31-27-24-21-18-15-12-9-6-3/h9,12,16-21,25-28,30-31,37,40,58-59,63H,4-8,10-11,13-15,22-24,29,32-36,38-39,41-57H2,1-3H3,(H,67,68)/b12-9-,19-16-,20-17-,21-18-,28-25-,30-26-,31-27-,40-37-. The van der Waals surface area contributed by atoms with Gasteiger partial charge in [-0.3, -0.25) is 23.4 Å². The van der Waals surface area contributed by atoms with E-state index in [4.69, 9.17) is 23.3 Å². The summed E-state index contributed by atoms with van der Waals surface area (Å²) in [5.41, 5.74) is 0. The second-order valence-corrected chi connectivity index (χ2v) is 20.5. The summed E-state index contributed by atoms with van der Waals surface area (Å²) in [5.74, 6) is -1.54. The maximum atomic E-state index is 12.9. The number of hydrogen-bond acceptors (Lipinski definition) is 10. The Labute approximate surface area is 451 Å². The lowest BCUT2D eigenvalue weighted by atomic mass is 10.1. The van der Waals surface area contributed by atoms with Gasteiger partial charge in [-0.25, -0.2) is 4.57 Å². The monoisotopic (exact) mass is 1060 g/mol. The van der Waals surface area contributed by atoms with Crippen LogP contribution in [0.25, 0.3) is 0 Å². The molecule has 0 aromatic carbocycles. The zero-order valence-corrected chi connectivity index (χ0v) is 47.7. The number of esters is 3. The number of carbonyl (C=O) groups excluding carboxylic acids is 3. The molecule has 0 aromatic heterocycles. The first kappa shape index (κ1) is 70.4. The summed E-state index contributed by atoms with van der Waals surface area (Å²) in [7, 11) is -4.77. The molecule has 12 heteroatoms. The number of allylic oxidation sites excluding steroid dienone is 16. The Morgan fingerprint density at radius 1 is 0.392 bits per heavy atom. The fourth-order valence-electron chi connectivity index (χ4n) is 7.52. The average molecular weight is 1060 g/mol. The van der Waals surface area contributed by atoms with Crippen molar-refractivity contribution in [1.82, 2.24) is 0 Å². The molecule has 3 atom stereocenters. The van der Waals surface area contributed by atoms with E-state index >= 15 is 0 Å². The first-order valence-electron chi connectivity index (χ1n) is 29.1. The smallest absolute Gasteiger partial charge is 0.462 e. The van der Waals surface area contributed by atoms with E-state index in [1.807, 2.05) is 0 Å². The number of aliphatic hydroxyl groups excluding tert-OH is 1. The largest absolute Gasteiger partial charge is 0.472 e. The topological polar surface area (TPSA) is 155 Å². The van der Waals surface area contributed by atoms with Crippen molar-refractivity contribution in [1.29, 1.82) is 0 Å². The molecular weight excluding hydrogens is 952 g/mol. The van der Waals surface area contributed by atoms with Crippen LogP contribution in [0.4, 0.5) is 0 Å². The fourth-order valence-corrected chi connectivity index (χ4v) is 8.31. The number of hydrogen-bond donors (Lipinski definition) is 2. The van der Waals surface area contributed by atoms with Gasteiger partial charge in [0.05, 0.1) is 19.8 Å². The van der Waals surface area contributed by atoms with Crippen LogP contribution < -0.4 is 0 Å². The quantitative estimate of drug-likeness (QED) is 0.0197. The van der Waals surface area contributed by atoms with E-state index < -0.39 is 57.8 Å². The molecule has 0 saturated carbocycles. The van der Waals surface area contributed by atoms with Crippen LogP contribution in [0.5, 0.6) is 0 Å². The average Bonchev–Trinajstić information content (AvgIpc) is 3.39. The van der Waals surface area contributed by atoms with Crippen LogP contribution in [0.2, 0.25) is 0 Å². The molecule has 0 saturated heterocycles. The minimum absolute atomic E-state index is 0.120. The normalized spacial score (nSPS) is 14.1. The van der Waals surface area contributed by atoms with E-state index in [9.17, 15) is 28.9 Å². The molecule has 2 N–H and O–H groups in total. The highest BCUT2D eigenvalue weighted by molar-refractivity contribution is 7.47. The van der Waals surface area contributed by atoms with Gasteiger partial charge in [-0.2, -0.15) is 0 Å². The van der Waals surface area contributed by atoms with Gasteiger partial charge in [-0.1, -0.05) is 195 Å². The summed E-state index contributed by atoms with van der Waals surface area (Å²) in [6, 6.07) is 0. The zero-order valence-electron chi connectivity index (χ0n) is 46.8. The molecule has 0 amide bonds. The van der Waals surface area contributed by atoms with Crippen molar-refractivity contribution in [2.75, 3.05) is 26.4 Å². The first-order valence-corrected chi connectivity index (χ1v) is 30.6. The number of phosphoric ester groups is 1. The molecule has 0 aliphatic rings. The predicted molar refractivity (Wildman–Crippen MR) is 307 cm³/mol. The lowest BCUT2D eigenvalue weighted by molar-refractivity contribution is -0.161. The van der Waals surface area contributed by atoms with Gasteiger partial charge >= 0.3 is 25.7 Å². The Morgan fingerprint density at radius 2 is 0.703 bits per heavy atom. The van der Waals surface area contributed by atoms with Gasteiger partial charge in [-0.15, -0.1) is 0 Å². The van der Waals surface area contributed by atoms with Gasteiger partial charge in [-0.05, 0) is 122 Å². The Kier molecular flexibility index (Phi) is 52.9. The van der Waals surface area contributed by atoms with Crippen molar-refractivity contribution >= 4 is 25.7 Å². The van der Waals surface area contributed by atoms with E-state index in [-0.39, 0.29) is 25.9 Å². The van der Waals surface area contributed by atoms with E-state index in [0.29, 0.717) is 19.3 Å². The van der Waals surface area contributed by atoms with Crippen molar-refractivity contribution in [2.45, 2.75) is 251 Å². The van der Waals surface area contributed by atoms with Crippen LogP contribution in [0, 0.1) is 0 Å². The molecule has 74 heavy (non-hydrogen) atoms. The molecule has 424 valence electrons. The molecule has 0 spiro atoms. The number of carbonyl (C=O) groups is 3. The summed E-state index contributed by atoms with van der Waals surface area (Å²) in [6.45, 7) is 4.41. The third-order valence-corrected chi connectivity index (χ3v) is 12.9. The Bertz CT molecular complexity index is 1610. The van der Waals surface area contributed by atoms with Gasteiger partial charge in [0.2, 0.25) is 0 Å². The number of aliphatic hydroxyl groups is 1. The number of ether oxygens (including phenoxy) is 3. The summed E-state index contributed by atoms with van der Waals surface area (Å²) >= 11 is 0. The fraction of sp³-hybridized carbons (Fsp3) is 0.694. The van der Waals surface area contributed by atoms with Crippen LogP contribution >= 0.6 is 7.82 Å². The van der Waals surface area contributed by atoms with Gasteiger partial charge in [0.15, 0.2) is 6.10 Å². The molecule has 0 aliphatic carbocycles. The molecule has 0 aromatic rings. The van der Waals surface area contributed by atoms with Gasteiger partial charge in [0.25, 0.3) is 0 Å². The predicted octanol–water partition coefficient (Wildman–Crippen LogP) is 17.3. The SMILES string of the molecule is CC/C=C\C/C=C\C/C=C\C/C=C\CCCCC(=O)OC(CO)COP(=O)(O)OCC(COC(=O)CCCCCCC/C=C\C/C=C\CCCCC)OC(=O)CCCCCCCCC/C=C\C/C=C\CCCCC. The van der Waals surface area contributed by atoms with E-state index in [1.165, 1.54) is 57.8 Å². The van der Waals surface area contributed by atoms with Crippen LogP contribution in [-0.2, 0) is 42.2 Å².